The Morgan fingerprint density at radius 3 is 2.61 bits per heavy atom. The van der Waals surface area contributed by atoms with Crippen molar-refractivity contribution in [3.05, 3.63) is 29.8 Å². The van der Waals surface area contributed by atoms with E-state index in [-0.39, 0.29) is 0 Å². The summed E-state index contributed by atoms with van der Waals surface area (Å²) < 4.78 is 5.37. The third-order valence-electron chi connectivity index (χ3n) is 5.04. The lowest BCUT2D eigenvalue weighted by Gasteiger charge is -2.61. The molecule has 98 valence electrons. The molecule has 1 N–H and O–H groups in total. The molecule has 1 aromatic rings. The smallest absolute Gasteiger partial charge is 0.119 e. The van der Waals surface area contributed by atoms with Crippen molar-refractivity contribution in [2.45, 2.75) is 37.5 Å². The molecule has 18 heavy (non-hydrogen) atoms. The first-order valence-corrected chi connectivity index (χ1v) is 7.01. The summed E-state index contributed by atoms with van der Waals surface area (Å²) in [6.45, 7) is 1.09. The highest BCUT2D eigenvalue weighted by atomic mass is 16.5. The van der Waals surface area contributed by atoms with Gasteiger partial charge in [0.1, 0.15) is 5.75 Å². The minimum atomic E-state index is 0.351. The van der Waals surface area contributed by atoms with Crippen LogP contribution >= 0.6 is 0 Å². The quantitative estimate of drug-likeness (QED) is 0.880. The highest BCUT2D eigenvalue weighted by Crippen LogP contribution is 2.64. The van der Waals surface area contributed by atoms with E-state index in [0.717, 1.165) is 12.3 Å². The van der Waals surface area contributed by atoms with E-state index in [1.165, 1.54) is 37.7 Å². The summed E-state index contributed by atoms with van der Waals surface area (Å²) >= 11 is 0. The molecule has 2 nitrogen and oxygen atoms in total. The molecule has 2 fully saturated rings. The molecule has 2 saturated carbocycles. The van der Waals surface area contributed by atoms with E-state index in [9.17, 15) is 0 Å². The van der Waals surface area contributed by atoms with Gasteiger partial charge in [-0.2, -0.15) is 0 Å². The van der Waals surface area contributed by atoms with Gasteiger partial charge < -0.3 is 10.1 Å². The number of methoxy groups -OCH3 is 1. The van der Waals surface area contributed by atoms with Crippen molar-refractivity contribution in [2.75, 3.05) is 20.7 Å². The maximum Gasteiger partial charge on any atom is 0.119 e. The van der Waals surface area contributed by atoms with Gasteiger partial charge in [-0.1, -0.05) is 18.6 Å². The molecule has 2 heteroatoms. The zero-order valence-corrected chi connectivity index (χ0v) is 11.5. The van der Waals surface area contributed by atoms with Gasteiger partial charge in [-0.15, -0.1) is 0 Å². The zero-order valence-electron chi connectivity index (χ0n) is 11.5. The van der Waals surface area contributed by atoms with Gasteiger partial charge >= 0.3 is 0 Å². The molecular weight excluding hydrogens is 222 g/mol. The molecule has 3 rings (SSSR count). The first-order chi connectivity index (χ1) is 8.72. The highest BCUT2D eigenvalue weighted by Gasteiger charge is 2.57. The molecule has 2 aliphatic rings. The lowest BCUT2D eigenvalue weighted by atomic mass is 9.43. The van der Waals surface area contributed by atoms with Gasteiger partial charge in [-0.3, -0.25) is 0 Å². The van der Waals surface area contributed by atoms with Crippen molar-refractivity contribution in [3.63, 3.8) is 0 Å². The van der Waals surface area contributed by atoms with Crippen molar-refractivity contribution >= 4 is 0 Å². The van der Waals surface area contributed by atoms with Crippen molar-refractivity contribution in [1.29, 1.82) is 0 Å². The van der Waals surface area contributed by atoms with Crippen LogP contribution in [0.15, 0.2) is 24.3 Å². The van der Waals surface area contributed by atoms with Crippen molar-refractivity contribution in [2.24, 2.45) is 5.41 Å². The average molecular weight is 245 g/mol. The number of ether oxygens (including phenoxy) is 1. The van der Waals surface area contributed by atoms with Gasteiger partial charge in [0, 0.05) is 12.0 Å². The maximum atomic E-state index is 5.37. The van der Waals surface area contributed by atoms with E-state index in [0.29, 0.717) is 10.8 Å². The fourth-order valence-electron chi connectivity index (χ4n) is 4.14. The van der Waals surface area contributed by atoms with Crippen LogP contribution in [0.1, 0.15) is 37.7 Å². The summed E-state index contributed by atoms with van der Waals surface area (Å²) in [4.78, 5) is 0. The van der Waals surface area contributed by atoms with Crippen molar-refractivity contribution in [1.82, 2.24) is 5.32 Å². The monoisotopic (exact) mass is 245 g/mol. The Morgan fingerprint density at radius 1 is 1.28 bits per heavy atom. The SMILES string of the molecule is CNCC1(c2cccc(OC)c2)CC2(CCC2)C1. The van der Waals surface area contributed by atoms with Crippen LogP contribution in [0.2, 0.25) is 0 Å². The second kappa shape index (κ2) is 4.27. The Labute approximate surface area is 110 Å². The third kappa shape index (κ3) is 1.74. The molecule has 1 aromatic carbocycles. The van der Waals surface area contributed by atoms with Crippen LogP contribution in [0.4, 0.5) is 0 Å². The van der Waals surface area contributed by atoms with E-state index in [1.807, 2.05) is 6.07 Å². The van der Waals surface area contributed by atoms with E-state index in [4.69, 9.17) is 4.74 Å². The predicted molar refractivity (Wildman–Crippen MR) is 74.1 cm³/mol. The molecule has 0 saturated heterocycles. The normalized spacial score (nSPS) is 23.2. The highest BCUT2D eigenvalue weighted by molar-refractivity contribution is 5.38. The Kier molecular flexibility index (Phi) is 2.86. The molecular formula is C16H23NO. The summed E-state index contributed by atoms with van der Waals surface area (Å²) in [6.07, 6.45) is 7.04. The Hall–Kier alpha value is -1.02. The minimum absolute atomic E-state index is 0.351. The first kappa shape index (κ1) is 12.0. The number of hydrogen-bond acceptors (Lipinski definition) is 2. The van der Waals surface area contributed by atoms with E-state index < -0.39 is 0 Å². The molecule has 1 spiro atoms. The first-order valence-electron chi connectivity index (χ1n) is 7.01. The van der Waals surface area contributed by atoms with Gasteiger partial charge in [0.2, 0.25) is 0 Å². The summed E-state index contributed by atoms with van der Waals surface area (Å²) in [5.74, 6) is 0.984. The molecule has 2 aliphatic carbocycles. The van der Waals surface area contributed by atoms with Crippen LogP contribution in [0.25, 0.3) is 0 Å². The van der Waals surface area contributed by atoms with Gasteiger partial charge in [-0.25, -0.2) is 0 Å². The Balaban J connectivity index is 1.85. The van der Waals surface area contributed by atoms with Crippen LogP contribution in [0, 0.1) is 5.41 Å². The summed E-state index contributed by atoms with van der Waals surface area (Å²) in [5, 5.41) is 3.39. The number of likely N-dealkylation sites (N-methyl/N-ethyl adjacent to an activating group) is 1. The minimum Gasteiger partial charge on any atom is -0.497 e. The lowest BCUT2D eigenvalue weighted by molar-refractivity contribution is -0.0476. The van der Waals surface area contributed by atoms with Crippen LogP contribution in [-0.4, -0.2) is 20.7 Å². The molecule has 0 bridgehead atoms. The average Bonchev–Trinajstić information content (AvgIpc) is 2.31. The van der Waals surface area contributed by atoms with Crippen molar-refractivity contribution < 1.29 is 4.74 Å². The van der Waals surface area contributed by atoms with Crippen LogP contribution in [0.5, 0.6) is 5.75 Å². The second-order valence-electron chi connectivity index (χ2n) is 6.25. The number of rotatable bonds is 4. The molecule has 0 radical (unpaired) electrons. The molecule has 0 heterocycles. The molecule has 0 atom stereocenters. The molecule has 0 unspecified atom stereocenters. The number of nitrogens with one attached hydrogen (secondary N) is 1. The van der Waals surface area contributed by atoms with Gasteiger partial charge in [-0.05, 0) is 55.8 Å². The number of hydrogen-bond donors (Lipinski definition) is 1. The fourth-order valence-corrected chi connectivity index (χ4v) is 4.14. The molecule has 0 aromatic heterocycles. The largest absolute Gasteiger partial charge is 0.497 e. The second-order valence-corrected chi connectivity index (χ2v) is 6.25. The standard InChI is InChI=1S/C16H23NO/c1-17-12-16(10-15(11-16)7-4-8-15)13-5-3-6-14(9-13)18-2/h3,5-6,9,17H,4,7-8,10-12H2,1-2H3. The van der Waals surface area contributed by atoms with E-state index in [2.05, 4.69) is 30.6 Å². The van der Waals surface area contributed by atoms with Gasteiger partial charge in [0.15, 0.2) is 0 Å². The number of benzene rings is 1. The van der Waals surface area contributed by atoms with E-state index in [1.54, 1.807) is 7.11 Å². The predicted octanol–water partition coefficient (Wildman–Crippen LogP) is 3.12. The van der Waals surface area contributed by atoms with Crippen LogP contribution in [0.3, 0.4) is 0 Å². The summed E-state index contributed by atoms with van der Waals surface area (Å²) in [5.41, 5.74) is 2.50. The molecule has 0 aliphatic heterocycles. The van der Waals surface area contributed by atoms with Crippen LogP contribution in [-0.2, 0) is 5.41 Å². The summed E-state index contributed by atoms with van der Waals surface area (Å²) in [6, 6.07) is 8.65. The third-order valence-corrected chi connectivity index (χ3v) is 5.04. The Bertz CT molecular complexity index is 428. The fraction of sp³-hybridized carbons (Fsp3) is 0.625. The van der Waals surface area contributed by atoms with Crippen molar-refractivity contribution in [3.8, 4) is 5.75 Å². The van der Waals surface area contributed by atoms with E-state index >= 15 is 0 Å². The van der Waals surface area contributed by atoms with Gasteiger partial charge in [0.05, 0.1) is 7.11 Å². The topological polar surface area (TPSA) is 21.3 Å². The maximum absolute atomic E-state index is 5.37. The lowest BCUT2D eigenvalue weighted by Crippen LogP contribution is -2.57. The van der Waals surface area contributed by atoms with Crippen LogP contribution < -0.4 is 10.1 Å². The summed E-state index contributed by atoms with van der Waals surface area (Å²) in [7, 11) is 3.81. The Morgan fingerprint density at radius 2 is 2.06 bits per heavy atom. The molecule has 0 amide bonds. The van der Waals surface area contributed by atoms with Gasteiger partial charge in [0.25, 0.3) is 0 Å². The zero-order chi connectivity index (χ0) is 12.6.